The summed E-state index contributed by atoms with van der Waals surface area (Å²) in [4.78, 5) is 14.1. The maximum Gasteiger partial charge on any atom is 0.236 e. The topological polar surface area (TPSA) is 32.3 Å². The number of rotatable bonds is 8. The van der Waals surface area contributed by atoms with Gasteiger partial charge in [-0.15, -0.1) is 12.4 Å². The quantitative estimate of drug-likeness (QED) is 0.739. The molecular weight excluding hydrogens is 248 g/mol. The van der Waals surface area contributed by atoms with E-state index in [1.54, 1.807) is 0 Å². The molecule has 0 aromatic heterocycles. The molecule has 1 rings (SSSR count). The molecule has 0 saturated heterocycles. The molecule has 3 nitrogen and oxygen atoms in total. The van der Waals surface area contributed by atoms with E-state index in [1.165, 1.54) is 12.8 Å². The zero-order valence-electron chi connectivity index (χ0n) is 12.2. The van der Waals surface area contributed by atoms with Gasteiger partial charge in [-0.3, -0.25) is 4.79 Å². The predicted molar refractivity (Wildman–Crippen MR) is 79.1 cm³/mol. The van der Waals surface area contributed by atoms with Gasteiger partial charge in [0.2, 0.25) is 5.91 Å². The lowest BCUT2D eigenvalue weighted by molar-refractivity contribution is -0.131. The van der Waals surface area contributed by atoms with Crippen LogP contribution in [0.2, 0.25) is 0 Å². The Balaban J connectivity index is 0.00000289. The van der Waals surface area contributed by atoms with Crippen LogP contribution < -0.4 is 5.32 Å². The molecule has 18 heavy (non-hydrogen) atoms. The lowest BCUT2D eigenvalue weighted by Crippen LogP contribution is -2.42. The summed E-state index contributed by atoms with van der Waals surface area (Å²) in [6.45, 7) is 11.9. The first kappa shape index (κ1) is 17.7. The van der Waals surface area contributed by atoms with Gasteiger partial charge in [0.25, 0.3) is 0 Å². The molecule has 0 spiro atoms. The number of amides is 1. The molecule has 0 heterocycles. The highest BCUT2D eigenvalue weighted by atomic mass is 35.5. The normalized spacial score (nSPS) is 14.8. The van der Waals surface area contributed by atoms with E-state index in [0.717, 1.165) is 25.6 Å². The summed E-state index contributed by atoms with van der Waals surface area (Å²) in [6, 6.07) is 0. The average molecular weight is 277 g/mol. The van der Waals surface area contributed by atoms with Crippen LogP contribution in [0.1, 0.15) is 40.5 Å². The van der Waals surface area contributed by atoms with E-state index in [9.17, 15) is 4.79 Å². The molecule has 0 atom stereocenters. The third kappa shape index (κ3) is 7.93. The van der Waals surface area contributed by atoms with Gasteiger partial charge in [0.05, 0.1) is 6.54 Å². The van der Waals surface area contributed by atoms with E-state index in [1.807, 2.05) is 4.90 Å². The molecule has 0 unspecified atom stereocenters. The van der Waals surface area contributed by atoms with E-state index in [0.29, 0.717) is 18.4 Å². The van der Waals surface area contributed by atoms with Crippen molar-refractivity contribution < 1.29 is 4.79 Å². The Kier molecular flexibility index (Phi) is 8.62. The Bertz CT molecular complexity index is 230. The van der Waals surface area contributed by atoms with Crippen LogP contribution in [0.3, 0.4) is 0 Å². The maximum absolute atomic E-state index is 12.1. The molecule has 0 aliphatic heterocycles. The van der Waals surface area contributed by atoms with Crippen LogP contribution >= 0.6 is 12.4 Å². The van der Waals surface area contributed by atoms with Crippen molar-refractivity contribution >= 4 is 18.3 Å². The lowest BCUT2D eigenvalue weighted by atomic mass is 10.1. The second kappa shape index (κ2) is 8.76. The average Bonchev–Trinajstić information content (AvgIpc) is 2.99. The Morgan fingerprint density at radius 2 is 1.67 bits per heavy atom. The Labute approximate surface area is 118 Å². The van der Waals surface area contributed by atoms with Crippen LogP contribution in [-0.2, 0) is 4.79 Å². The van der Waals surface area contributed by atoms with Gasteiger partial charge in [-0.1, -0.05) is 27.7 Å². The second-order valence-corrected chi connectivity index (χ2v) is 6.16. The van der Waals surface area contributed by atoms with E-state index in [2.05, 4.69) is 33.0 Å². The summed E-state index contributed by atoms with van der Waals surface area (Å²) in [6.07, 6.45) is 2.67. The summed E-state index contributed by atoms with van der Waals surface area (Å²) in [7, 11) is 0. The number of nitrogens with one attached hydrogen (secondary N) is 1. The maximum atomic E-state index is 12.1. The number of nitrogens with zero attached hydrogens (tertiary/aromatic N) is 1. The number of carbonyl (C=O) groups excluding carboxylic acids is 1. The molecule has 0 aromatic rings. The van der Waals surface area contributed by atoms with Crippen LogP contribution in [0, 0.1) is 17.8 Å². The molecule has 0 radical (unpaired) electrons. The van der Waals surface area contributed by atoms with Crippen LogP contribution in [0.4, 0.5) is 0 Å². The minimum atomic E-state index is 0. The van der Waals surface area contributed by atoms with Gasteiger partial charge < -0.3 is 10.2 Å². The Hall–Kier alpha value is -0.280. The molecule has 1 aliphatic rings. The third-order valence-electron chi connectivity index (χ3n) is 2.93. The number of hydrogen-bond donors (Lipinski definition) is 1. The minimum Gasteiger partial charge on any atom is -0.341 e. The first-order valence-corrected chi connectivity index (χ1v) is 6.97. The van der Waals surface area contributed by atoms with Gasteiger partial charge >= 0.3 is 0 Å². The van der Waals surface area contributed by atoms with Gasteiger partial charge in [-0.25, -0.2) is 0 Å². The lowest BCUT2D eigenvalue weighted by Gasteiger charge is -2.26. The van der Waals surface area contributed by atoms with Crippen molar-refractivity contribution in [2.45, 2.75) is 40.5 Å². The van der Waals surface area contributed by atoms with Crippen LogP contribution in [0.5, 0.6) is 0 Å². The van der Waals surface area contributed by atoms with E-state index < -0.39 is 0 Å². The second-order valence-electron chi connectivity index (χ2n) is 6.16. The van der Waals surface area contributed by atoms with Crippen molar-refractivity contribution in [3.8, 4) is 0 Å². The fourth-order valence-corrected chi connectivity index (χ4v) is 1.98. The first-order chi connectivity index (χ1) is 7.99. The zero-order valence-corrected chi connectivity index (χ0v) is 13.1. The number of hydrogen-bond acceptors (Lipinski definition) is 2. The molecule has 0 aromatic carbocycles. The van der Waals surface area contributed by atoms with Crippen LogP contribution in [0.25, 0.3) is 0 Å². The van der Waals surface area contributed by atoms with Gasteiger partial charge in [0, 0.05) is 13.1 Å². The summed E-state index contributed by atoms with van der Waals surface area (Å²) in [5.74, 6) is 2.18. The van der Waals surface area contributed by atoms with Gasteiger partial charge in [0.1, 0.15) is 0 Å². The SMILES string of the molecule is CC(C)CN(CC(C)C)C(=O)CNCC1CC1.Cl. The molecule has 1 fully saturated rings. The molecule has 0 bridgehead atoms. The van der Waals surface area contributed by atoms with Gasteiger partial charge in [-0.05, 0) is 37.1 Å². The smallest absolute Gasteiger partial charge is 0.236 e. The molecule has 4 heteroatoms. The van der Waals surface area contributed by atoms with Crippen molar-refractivity contribution in [1.82, 2.24) is 10.2 Å². The third-order valence-corrected chi connectivity index (χ3v) is 2.93. The highest BCUT2D eigenvalue weighted by Crippen LogP contribution is 2.27. The summed E-state index contributed by atoms with van der Waals surface area (Å²) in [5, 5.41) is 3.28. The predicted octanol–water partition coefficient (Wildman–Crippen LogP) is 2.55. The summed E-state index contributed by atoms with van der Waals surface area (Å²) in [5.41, 5.74) is 0. The number of carbonyl (C=O) groups is 1. The summed E-state index contributed by atoms with van der Waals surface area (Å²) < 4.78 is 0. The van der Waals surface area contributed by atoms with E-state index in [-0.39, 0.29) is 18.3 Å². The highest BCUT2D eigenvalue weighted by Gasteiger charge is 2.21. The minimum absolute atomic E-state index is 0. The van der Waals surface area contributed by atoms with Gasteiger partial charge in [-0.2, -0.15) is 0 Å². The van der Waals surface area contributed by atoms with Crippen molar-refractivity contribution in [3.63, 3.8) is 0 Å². The molecule has 1 aliphatic carbocycles. The van der Waals surface area contributed by atoms with Crippen LogP contribution in [0.15, 0.2) is 0 Å². The van der Waals surface area contributed by atoms with E-state index in [4.69, 9.17) is 0 Å². The fraction of sp³-hybridized carbons (Fsp3) is 0.929. The molecule has 1 amide bonds. The van der Waals surface area contributed by atoms with Crippen molar-refractivity contribution in [3.05, 3.63) is 0 Å². The monoisotopic (exact) mass is 276 g/mol. The molecular formula is C14H29ClN2O. The zero-order chi connectivity index (χ0) is 12.8. The molecule has 108 valence electrons. The first-order valence-electron chi connectivity index (χ1n) is 6.97. The summed E-state index contributed by atoms with van der Waals surface area (Å²) >= 11 is 0. The standard InChI is InChI=1S/C14H28N2O.ClH/c1-11(2)9-16(10-12(3)4)14(17)8-15-7-13-5-6-13;/h11-13,15H,5-10H2,1-4H3;1H. The van der Waals surface area contributed by atoms with Gasteiger partial charge in [0.15, 0.2) is 0 Å². The fourth-order valence-electron chi connectivity index (χ4n) is 1.98. The van der Waals surface area contributed by atoms with Crippen LogP contribution in [-0.4, -0.2) is 37.0 Å². The largest absolute Gasteiger partial charge is 0.341 e. The highest BCUT2D eigenvalue weighted by molar-refractivity contribution is 5.85. The molecule has 1 saturated carbocycles. The Morgan fingerprint density at radius 1 is 1.17 bits per heavy atom. The van der Waals surface area contributed by atoms with E-state index >= 15 is 0 Å². The number of halogens is 1. The Morgan fingerprint density at radius 3 is 2.06 bits per heavy atom. The van der Waals surface area contributed by atoms with Crippen molar-refractivity contribution in [1.29, 1.82) is 0 Å². The van der Waals surface area contributed by atoms with Crippen molar-refractivity contribution in [2.75, 3.05) is 26.2 Å². The molecule has 1 N–H and O–H groups in total. The van der Waals surface area contributed by atoms with Crippen molar-refractivity contribution in [2.24, 2.45) is 17.8 Å².